The molecule has 0 fully saturated rings. The Morgan fingerprint density at radius 3 is 1.31 bits per heavy atom. The summed E-state index contributed by atoms with van der Waals surface area (Å²) < 4.78 is 2.47. The topological polar surface area (TPSA) is 4.93 Å². The summed E-state index contributed by atoms with van der Waals surface area (Å²) in [7, 11) is 0. The van der Waals surface area contributed by atoms with E-state index in [9.17, 15) is 0 Å². The van der Waals surface area contributed by atoms with Crippen LogP contribution in [0.2, 0.25) is 0 Å². The minimum atomic E-state index is 1.16. The molecule has 0 unspecified atom stereocenters. The number of nitrogens with zero attached hydrogens (tertiary/aromatic N) is 1. The SMILES string of the molecule is c1ccc(-c2ccc3c4c5ccccc5c(-c5ccc6c(c5)c5ccccc5c5c7ccccc7c7ccccc7c65)cc4n(-c4ccccc4)c3c2)cc1. The summed E-state index contributed by atoms with van der Waals surface area (Å²) >= 11 is 0. The second-order valence-electron chi connectivity index (χ2n) is 14.8. The van der Waals surface area contributed by atoms with Crippen LogP contribution in [0.25, 0.3) is 114 Å². The molecule has 0 aliphatic heterocycles. The van der Waals surface area contributed by atoms with Crippen molar-refractivity contribution in [1.29, 1.82) is 0 Å². The first-order valence-corrected chi connectivity index (χ1v) is 19.1. The quantitative estimate of drug-likeness (QED) is 0.162. The summed E-state index contributed by atoms with van der Waals surface area (Å²) in [5.74, 6) is 0. The van der Waals surface area contributed by atoms with Crippen molar-refractivity contribution in [3.05, 3.63) is 200 Å². The molecule has 1 heteroatoms. The van der Waals surface area contributed by atoms with Gasteiger partial charge in [0.05, 0.1) is 11.0 Å². The molecule has 0 amide bonds. The molecule has 0 spiro atoms. The molecule has 0 atom stereocenters. The molecular formula is C54H33N. The van der Waals surface area contributed by atoms with Gasteiger partial charge >= 0.3 is 0 Å². The molecule has 0 aliphatic rings. The molecule has 1 nitrogen and oxygen atoms in total. The molecule has 0 aliphatic carbocycles. The second kappa shape index (κ2) is 11.6. The number of aromatic nitrogens is 1. The molecule has 0 radical (unpaired) electrons. The molecule has 254 valence electrons. The number of hydrogen-bond donors (Lipinski definition) is 0. The Labute approximate surface area is 317 Å². The molecule has 1 heterocycles. The van der Waals surface area contributed by atoms with Crippen molar-refractivity contribution in [3.63, 3.8) is 0 Å². The van der Waals surface area contributed by atoms with Crippen LogP contribution >= 0.6 is 0 Å². The van der Waals surface area contributed by atoms with Crippen LogP contribution in [0, 0.1) is 0 Å². The van der Waals surface area contributed by atoms with E-state index in [1.165, 1.54) is 109 Å². The Morgan fingerprint density at radius 1 is 0.236 bits per heavy atom. The van der Waals surface area contributed by atoms with Gasteiger partial charge in [-0.15, -0.1) is 0 Å². The van der Waals surface area contributed by atoms with Crippen molar-refractivity contribution in [2.24, 2.45) is 0 Å². The van der Waals surface area contributed by atoms with Gasteiger partial charge in [0.25, 0.3) is 0 Å². The lowest BCUT2D eigenvalue weighted by atomic mass is 9.86. The van der Waals surface area contributed by atoms with E-state index in [-0.39, 0.29) is 0 Å². The van der Waals surface area contributed by atoms with Gasteiger partial charge in [0.15, 0.2) is 0 Å². The second-order valence-corrected chi connectivity index (χ2v) is 14.8. The normalized spacial score (nSPS) is 12.0. The van der Waals surface area contributed by atoms with Crippen LogP contribution in [-0.4, -0.2) is 4.57 Å². The maximum absolute atomic E-state index is 2.47. The lowest BCUT2D eigenvalue weighted by Crippen LogP contribution is -1.94. The van der Waals surface area contributed by atoms with Crippen molar-refractivity contribution in [3.8, 4) is 27.9 Å². The first-order valence-electron chi connectivity index (χ1n) is 19.1. The van der Waals surface area contributed by atoms with Gasteiger partial charge in [-0.25, -0.2) is 0 Å². The molecule has 55 heavy (non-hydrogen) atoms. The van der Waals surface area contributed by atoms with Crippen LogP contribution in [0.15, 0.2) is 200 Å². The fourth-order valence-electron chi connectivity index (χ4n) is 9.57. The van der Waals surface area contributed by atoms with E-state index in [1.807, 2.05) is 0 Å². The molecule has 0 saturated carbocycles. The van der Waals surface area contributed by atoms with Gasteiger partial charge in [0, 0.05) is 16.5 Å². The maximum atomic E-state index is 2.47. The summed E-state index contributed by atoms with van der Waals surface area (Å²) in [6.45, 7) is 0. The lowest BCUT2D eigenvalue weighted by molar-refractivity contribution is 1.18. The highest BCUT2D eigenvalue weighted by atomic mass is 15.0. The van der Waals surface area contributed by atoms with E-state index >= 15 is 0 Å². The largest absolute Gasteiger partial charge is 0.309 e. The first-order chi connectivity index (χ1) is 27.3. The third-order valence-electron chi connectivity index (χ3n) is 11.9. The van der Waals surface area contributed by atoms with E-state index in [1.54, 1.807) is 0 Å². The fraction of sp³-hybridized carbons (Fsp3) is 0. The number of para-hydroxylation sites is 1. The molecule has 1 aromatic heterocycles. The molecule has 11 aromatic carbocycles. The van der Waals surface area contributed by atoms with Crippen LogP contribution in [0.3, 0.4) is 0 Å². The highest BCUT2D eigenvalue weighted by Crippen LogP contribution is 2.47. The van der Waals surface area contributed by atoms with Crippen molar-refractivity contribution in [1.82, 2.24) is 4.57 Å². The average molecular weight is 696 g/mol. The van der Waals surface area contributed by atoms with E-state index in [0.717, 1.165) is 5.69 Å². The van der Waals surface area contributed by atoms with Gasteiger partial charge in [-0.05, 0) is 117 Å². The minimum absolute atomic E-state index is 1.16. The Morgan fingerprint density at radius 2 is 0.691 bits per heavy atom. The van der Waals surface area contributed by atoms with Gasteiger partial charge in [-0.2, -0.15) is 0 Å². The van der Waals surface area contributed by atoms with Crippen molar-refractivity contribution < 1.29 is 0 Å². The summed E-state index contributed by atoms with van der Waals surface area (Å²) in [5, 5.41) is 18.1. The Bertz CT molecular complexity index is 3520. The van der Waals surface area contributed by atoms with Crippen LogP contribution in [-0.2, 0) is 0 Å². The van der Waals surface area contributed by atoms with Crippen molar-refractivity contribution >= 4 is 86.4 Å². The average Bonchev–Trinajstić information content (AvgIpc) is 3.60. The van der Waals surface area contributed by atoms with Crippen LogP contribution in [0.4, 0.5) is 0 Å². The third kappa shape index (κ3) is 4.35. The Balaban J connectivity index is 1.21. The van der Waals surface area contributed by atoms with Crippen LogP contribution < -0.4 is 0 Å². The summed E-state index contributed by atoms with van der Waals surface area (Å²) in [5.41, 5.74) is 8.46. The zero-order valence-corrected chi connectivity index (χ0v) is 30.0. The molecule has 0 bridgehead atoms. The summed E-state index contributed by atoms with van der Waals surface area (Å²) in [4.78, 5) is 0. The van der Waals surface area contributed by atoms with E-state index in [0.29, 0.717) is 0 Å². The van der Waals surface area contributed by atoms with Crippen LogP contribution in [0.5, 0.6) is 0 Å². The van der Waals surface area contributed by atoms with Crippen LogP contribution in [0.1, 0.15) is 0 Å². The Kier molecular flexibility index (Phi) is 6.40. The summed E-state index contributed by atoms with van der Waals surface area (Å²) in [6.07, 6.45) is 0. The standard InChI is InChI=1S/C54H33N/c1-3-15-34(16-4-1)35-27-30-47-50(32-35)55(37-17-5-2-6-18-37)51-33-48(40-21-9-11-23-42(40)52(47)51)36-28-29-46-49(31-36)41-22-10-14-26-45(41)53-43-24-12-7-19-38(43)39-20-8-13-25-44(39)54(46)53/h1-33H. The van der Waals surface area contributed by atoms with Gasteiger partial charge in [-0.1, -0.05) is 170 Å². The van der Waals surface area contributed by atoms with Crippen molar-refractivity contribution in [2.45, 2.75) is 0 Å². The van der Waals surface area contributed by atoms with Gasteiger partial charge in [0.2, 0.25) is 0 Å². The monoisotopic (exact) mass is 695 g/mol. The highest BCUT2D eigenvalue weighted by molar-refractivity contribution is 6.39. The minimum Gasteiger partial charge on any atom is -0.309 e. The molecule has 0 N–H and O–H groups in total. The number of hydrogen-bond acceptors (Lipinski definition) is 0. The molecule has 12 aromatic rings. The van der Waals surface area contributed by atoms with Crippen molar-refractivity contribution in [2.75, 3.05) is 0 Å². The van der Waals surface area contributed by atoms with E-state index in [4.69, 9.17) is 0 Å². The highest BCUT2D eigenvalue weighted by Gasteiger charge is 2.20. The molecule has 12 rings (SSSR count). The fourth-order valence-corrected chi connectivity index (χ4v) is 9.57. The predicted molar refractivity (Wildman–Crippen MR) is 237 cm³/mol. The van der Waals surface area contributed by atoms with E-state index < -0.39 is 0 Å². The zero-order valence-electron chi connectivity index (χ0n) is 30.0. The smallest absolute Gasteiger partial charge is 0.0553 e. The van der Waals surface area contributed by atoms with Gasteiger partial charge in [0.1, 0.15) is 0 Å². The predicted octanol–water partition coefficient (Wildman–Crippen LogP) is 15.0. The maximum Gasteiger partial charge on any atom is 0.0553 e. The van der Waals surface area contributed by atoms with Gasteiger partial charge < -0.3 is 4.57 Å². The van der Waals surface area contributed by atoms with E-state index in [2.05, 4.69) is 205 Å². The first kappa shape index (κ1) is 30.3. The molecule has 0 saturated heterocycles. The third-order valence-corrected chi connectivity index (χ3v) is 11.9. The summed E-state index contributed by atoms with van der Waals surface area (Å²) in [6, 6.07) is 74.0. The molecular weight excluding hydrogens is 663 g/mol. The lowest BCUT2D eigenvalue weighted by Gasteiger charge is -2.17. The number of fused-ring (bicyclic) bond motifs is 16. The Hall–Kier alpha value is -7.22. The van der Waals surface area contributed by atoms with Gasteiger partial charge in [-0.3, -0.25) is 0 Å². The zero-order chi connectivity index (χ0) is 36.0. The number of benzene rings is 11. The number of rotatable bonds is 3.